The number of allylic oxidation sites excluding steroid dienone is 16. The second-order valence-corrected chi connectivity index (χ2v) is 34.5. The van der Waals surface area contributed by atoms with E-state index >= 15 is 0 Å². The van der Waals surface area contributed by atoms with Gasteiger partial charge in [0.25, 0.3) is 0 Å². The number of hydrogen-bond acceptors (Lipinski definition) is 23. The number of carbonyl (C=O) groups is 15. The van der Waals surface area contributed by atoms with Gasteiger partial charge in [0.05, 0.1) is 92.8 Å². The summed E-state index contributed by atoms with van der Waals surface area (Å²) in [7, 11) is -4.09. The van der Waals surface area contributed by atoms with Gasteiger partial charge >= 0.3 is 0 Å². The molecule has 24 nitrogen and oxygen atoms in total. The van der Waals surface area contributed by atoms with Gasteiger partial charge in [-0.25, -0.2) is 13.6 Å². The van der Waals surface area contributed by atoms with Crippen LogP contribution in [0.25, 0.3) is 0 Å². The Hall–Kier alpha value is -12.8. The predicted octanol–water partition coefficient (Wildman–Crippen LogP) is 12.8. The summed E-state index contributed by atoms with van der Waals surface area (Å²) < 4.78 is 29.2. The fourth-order valence-electron chi connectivity index (χ4n) is 19.4. The summed E-state index contributed by atoms with van der Waals surface area (Å²) in [5, 5.41) is 54.1. The van der Waals surface area contributed by atoms with Crippen molar-refractivity contribution in [2.24, 2.45) is 82.1 Å². The van der Waals surface area contributed by atoms with E-state index in [2.05, 4.69) is 26.8 Å². The van der Waals surface area contributed by atoms with Crippen molar-refractivity contribution in [3.05, 3.63) is 276 Å². The fourth-order valence-corrected chi connectivity index (χ4v) is 20.3. The van der Waals surface area contributed by atoms with E-state index in [0.29, 0.717) is 41.2 Å². The average molecular weight is 1640 g/mol. The summed E-state index contributed by atoms with van der Waals surface area (Å²) in [5.74, 6) is -11.5. The van der Waals surface area contributed by atoms with Crippen LogP contribution in [0.4, 0.5) is 0 Å². The number of ether oxygens (including phenoxy) is 1. The van der Waals surface area contributed by atoms with Crippen molar-refractivity contribution in [1.82, 2.24) is 0 Å². The number of phenols is 5. The van der Waals surface area contributed by atoms with E-state index < -0.39 is 74.9 Å². The van der Waals surface area contributed by atoms with Crippen molar-refractivity contribution in [3.8, 4) is 28.7 Å². The molecule has 14 unspecified atom stereocenters. The first-order valence-electron chi connectivity index (χ1n) is 39.4. The van der Waals surface area contributed by atoms with Crippen LogP contribution in [-0.2, 0) is 45.8 Å². The van der Waals surface area contributed by atoms with E-state index in [1.165, 1.54) is 110 Å². The van der Waals surface area contributed by atoms with E-state index in [-0.39, 0.29) is 194 Å². The first-order chi connectivity index (χ1) is 56.9. The molecule has 120 heavy (non-hydrogen) atoms. The van der Waals surface area contributed by atoms with Gasteiger partial charge < -0.3 is 30.3 Å². The summed E-state index contributed by atoms with van der Waals surface area (Å²) in [5.41, 5.74) is 6.37. The lowest BCUT2D eigenvalue weighted by Gasteiger charge is -2.43. The predicted molar refractivity (Wildman–Crippen MR) is 434 cm³/mol. The highest BCUT2D eigenvalue weighted by Gasteiger charge is 2.55. The van der Waals surface area contributed by atoms with Crippen LogP contribution in [-0.4, -0.2) is 127 Å². The zero-order valence-corrected chi connectivity index (χ0v) is 67.0. The Bertz CT molecular complexity index is 6050. The normalized spacial score (nSPS) is 26.8. The molecular formula is C95H83NO23S. The van der Waals surface area contributed by atoms with E-state index in [4.69, 9.17) is 9.88 Å². The van der Waals surface area contributed by atoms with Crippen LogP contribution >= 0.6 is 0 Å². The quantitative estimate of drug-likeness (QED) is 0.0708. The maximum atomic E-state index is 13.0. The molecule has 12 aliphatic carbocycles. The lowest BCUT2D eigenvalue weighted by atomic mass is 9.57. The SMILES string of the molecule is CC(=O)C1=CC=CC2C(=O)c3c(O)cccc3C(=O)C12.CC(=O)C1=CC=CC2C(=O)c3cccc(O)c3C(=O)C12.CC1=CC(=O)c2c(O)cccc2C1=O.CC1CC(=O)C2C(C=CC3C(=O)c4c(O)cccc4C(=O)C32)C1.CC1COC2c3ccc4c(c3C(=O)C(=O)C12)CCCC4(C)C.NS(=O)(=O)C1=CC=CC2C(=O)c3c(O)cccc3C(=O)C12. The summed E-state index contributed by atoms with van der Waals surface area (Å²) in [4.78, 5) is 185. The number of fused-ring (bicyclic) bond motifs is 16. The number of primary sulfonamides is 1. The molecule has 0 amide bonds. The molecule has 6 aromatic carbocycles. The molecule has 1 aliphatic heterocycles. The van der Waals surface area contributed by atoms with Gasteiger partial charge in [-0.05, 0) is 129 Å². The first-order valence-corrected chi connectivity index (χ1v) is 40.9. The largest absolute Gasteiger partial charge is 0.507 e. The van der Waals surface area contributed by atoms with Crippen LogP contribution in [0.15, 0.2) is 198 Å². The molecule has 1 heterocycles. The fraction of sp³-hybridized carbons (Fsp3) is 0.295. The van der Waals surface area contributed by atoms with Crippen LogP contribution in [0.3, 0.4) is 0 Å². The summed E-state index contributed by atoms with van der Waals surface area (Å²) in [6.45, 7) is 13.4. The Morgan fingerprint density at radius 3 is 1.47 bits per heavy atom. The number of sulfonamides is 1. The highest BCUT2D eigenvalue weighted by atomic mass is 32.2. The van der Waals surface area contributed by atoms with Gasteiger partial charge in [0, 0.05) is 68.4 Å². The molecule has 0 aromatic heterocycles. The number of aromatic hydroxyl groups is 5. The van der Waals surface area contributed by atoms with Gasteiger partial charge in [-0.3, -0.25) is 71.9 Å². The smallest absolute Gasteiger partial charge is 0.234 e. The number of hydrogen-bond donors (Lipinski definition) is 6. The first kappa shape index (κ1) is 83.6. The Balaban J connectivity index is 0.000000119. The molecule has 1 saturated carbocycles. The van der Waals surface area contributed by atoms with Crippen LogP contribution in [0.5, 0.6) is 28.7 Å². The minimum atomic E-state index is -4.09. The molecule has 19 rings (SSSR count). The third-order valence-corrected chi connectivity index (χ3v) is 26.1. The molecular weight excluding hydrogens is 1560 g/mol. The Morgan fingerprint density at radius 2 is 0.933 bits per heavy atom. The van der Waals surface area contributed by atoms with E-state index in [1.807, 2.05) is 19.1 Å². The molecule has 13 aliphatic rings. The Labute approximate surface area is 688 Å². The maximum absolute atomic E-state index is 13.0. The topological polar surface area (TPSA) is 427 Å². The average Bonchev–Trinajstić information content (AvgIpc) is 1.31. The van der Waals surface area contributed by atoms with Gasteiger partial charge in [-0.2, -0.15) is 0 Å². The minimum Gasteiger partial charge on any atom is -0.507 e. The Morgan fingerprint density at radius 1 is 0.475 bits per heavy atom. The number of nitrogens with two attached hydrogens (primary N) is 1. The number of phenolic OH excluding ortho intramolecular Hbond substituents is 5. The molecule has 0 radical (unpaired) electrons. The van der Waals surface area contributed by atoms with Crippen molar-refractivity contribution < 1.29 is 111 Å². The standard InChI is InChI=1S/C19H18O4.C19H22O3.2C16H12O4.C14H11NO5S.C11H8O3/c1-9-7-10-5-6-12-17(15(10)14(21)8-9)19(23)11-3-2-4-13(20)16(11)18(12)22;1-10-9-22-18-12-6-7-13-11(5-4-8-19(13,2)3)15(12)17(21)16(20)14(10)18;1-8(17)9-4-2-5-10-13(9)15(19)11-6-3-7-12(18)14(11)16(10)20;1-8(17)9-4-2-5-10-13(9)16(20)14-11(15(10)19)6-3-7-12(14)18;15-21(19,20)10-6-2-4-8-12(10)14(18)7-3-1-5-9(16)11(7)13(8)17;1-6-5-9(13)10-7(11(6)14)3-2-4-8(10)12/h2-6,9-10,12,15,17,20H,7-8H2,1H3;6-7,10,14,18H,4-5,8-9H2,1-3H3;2*2-7,10,13,18H,1H3;1-6,8,12,16H,(H2,15,19,20);2-5,12H,1H3. The molecule has 25 heteroatoms. The molecule has 2 fully saturated rings. The minimum absolute atomic E-state index is 0.0195. The van der Waals surface area contributed by atoms with E-state index in [1.54, 1.807) is 73.7 Å². The Kier molecular flexibility index (Phi) is 22.4. The van der Waals surface area contributed by atoms with Gasteiger partial charge in [0.1, 0.15) is 34.5 Å². The highest BCUT2D eigenvalue weighted by molar-refractivity contribution is 7.93. The zero-order chi connectivity index (χ0) is 86.5. The third-order valence-electron chi connectivity index (χ3n) is 25.0. The van der Waals surface area contributed by atoms with E-state index in [9.17, 15) is 106 Å². The number of carbonyl (C=O) groups excluding carboxylic acids is 15. The van der Waals surface area contributed by atoms with Gasteiger partial charge in [0.2, 0.25) is 21.6 Å². The second kappa shape index (κ2) is 32.1. The zero-order valence-electron chi connectivity index (χ0n) is 66.1. The number of Topliss-reactive ketones (excluding diaryl/α,β-unsaturated/α-hetero) is 14. The van der Waals surface area contributed by atoms with Crippen molar-refractivity contribution in [2.45, 2.75) is 92.1 Å². The number of ketones is 15. The van der Waals surface area contributed by atoms with Crippen LogP contribution in [0.2, 0.25) is 0 Å². The summed E-state index contributed by atoms with van der Waals surface area (Å²) in [6, 6.07) is 26.3. The second-order valence-electron chi connectivity index (χ2n) is 32.9. The van der Waals surface area contributed by atoms with Crippen LogP contribution in [0, 0.1) is 76.9 Å². The molecule has 1 saturated heterocycles. The number of rotatable bonds is 3. The maximum Gasteiger partial charge on any atom is 0.234 e. The summed E-state index contributed by atoms with van der Waals surface area (Å²) >= 11 is 0. The van der Waals surface area contributed by atoms with Gasteiger partial charge in [0.15, 0.2) is 69.4 Å². The number of benzene rings is 6. The van der Waals surface area contributed by atoms with Crippen LogP contribution in [0.1, 0.15) is 211 Å². The van der Waals surface area contributed by atoms with Crippen LogP contribution < -0.4 is 5.14 Å². The van der Waals surface area contributed by atoms with Crippen molar-refractivity contribution in [3.63, 3.8) is 0 Å². The summed E-state index contributed by atoms with van der Waals surface area (Å²) in [6.07, 6.45) is 23.0. The van der Waals surface area contributed by atoms with Crippen molar-refractivity contribution in [1.29, 1.82) is 0 Å². The molecule has 6 aromatic rings. The highest BCUT2D eigenvalue weighted by Crippen LogP contribution is 2.52. The molecule has 0 spiro atoms. The molecule has 7 N–H and O–H groups in total. The van der Waals surface area contributed by atoms with E-state index in [0.717, 1.165) is 36.8 Å². The van der Waals surface area contributed by atoms with Crippen molar-refractivity contribution in [2.75, 3.05) is 6.61 Å². The lowest BCUT2D eigenvalue weighted by molar-refractivity contribution is -0.129. The molecule has 14 atom stereocenters. The lowest BCUT2D eigenvalue weighted by Crippen LogP contribution is -2.49. The van der Waals surface area contributed by atoms with Crippen molar-refractivity contribution >= 4 is 96.8 Å². The van der Waals surface area contributed by atoms with Gasteiger partial charge in [-0.1, -0.05) is 161 Å². The monoisotopic (exact) mass is 1640 g/mol. The molecule has 612 valence electrons. The molecule has 0 bridgehead atoms. The third kappa shape index (κ3) is 14.4. The van der Waals surface area contributed by atoms with Gasteiger partial charge in [-0.15, -0.1) is 0 Å².